The van der Waals surface area contributed by atoms with Crippen LogP contribution in [0.1, 0.15) is 33.6 Å². The van der Waals surface area contributed by atoms with Crippen LogP contribution < -0.4 is 20.1 Å². The van der Waals surface area contributed by atoms with Gasteiger partial charge in [0.05, 0.1) is 19.8 Å². The summed E-state index contributed by atoms with van der Waals surface area (Å²) in [6.07, 6.45) is 3.90. The Labute approximate surface area is 178 Å². The van der Waals surface area contributed by atoms with Crippen molar-refractivity contribution >= 4 is 45.5 Å². The van der Waals surface area contributed by atoms with Gasteiger partial charge in [0.1, 0.15) is 16.5 Å². The number of rotatable bonds is 6. The first-order valence-corrected chi connectivity index (χ1v) is 10.3. The molecule has 154 valence electrons. The number of aryl methyl sites for hydroxylation is 1. The summed E-state index contributed by atoms with van der Waals surface area (Å²) in [7, 11) is 2.93. The van der Waals surface area contributed by atoms with E-state index < -0.39 is 11.9 Å². The van der Waals surface area contributed by atoms with E-state index in [2.05, 4.69) is 10.6 Å². The van der Waals surface area contributed by atoms with E-state index in [0.717, 1.165) is 36.1 Å². The fourth-order valence-electron chi connectivity index (χ4n) is 3.09. The summed E-state index contributed by atoms with van der Waals surface area (Å²) in [5.74, 6) is 0.439. The molecule has 0 radical (unpaired) electrons. The lowest BCUT2D eigenvalue weighted by atomic mass is 9.95. The Hall–Kier alpha value is -2.65. The van der Waals surface area contributed by atoms with E-state index in [1.807, 2.05) is 0 Å². The maximum Gasteiger partial charge on any atom is 0.341 e. The number of ether oxygens (including phenoxy) is 3. The molecule has 1 amide bonds. The van der Waals surface area contributed by atoms with Gasteiger partial charge in [-0.15, -0.1) is 11.3 Å². The number of fused-ring (bicyclic) bond motifs is 1. The van der Waals surface area contributed by atoms with E-state index in [1.54, 1.807) is 31.4 Å². The predicted octanol–water partition coefficient (Wildman–Crippen LogP) is 3.31. The maximum atomic E-state index is 12.3. The topological polar surface area (TPSA) is 85.9 Å². The monoisotopic (exact) mass is 434 g/mol. The van der Waals surface area contributed by atoms with Gasteiger partial charge in [-0.1, -0.05) is 0 Å². The van der Waals surface area contributed by atoms with E-state index in [0.29, 0.717) is 22.1 Å². The lowest BCUT2D eigenvalue weighted by molar-refractivity contribution is -0.121. The minimum atomic E-state index is -0.403. The van der Waals surface area contributed by atoms with E-state index in [-0.39, 0.29) is 11.7 Å². The van der Waals surface area contributed by atoms with Crippen molar-refractivity contribution in [1.82, 2.24) is 5.32 Å². The highest BCUT2D eigenvalue weighted by molar-refractivity contribution is 7.80. The van der Waals surface area contributed by atoms with Crippen LogP contribution in [0.3, 0.4) is 0 Å². The zero-order valence-electron chi connectivity index (χ0n) is 16.2. The molecule has 1 aliphatic carbocycles. The van der Waals surface area contributed by atoms with Gasteiger partial charge >= 0.3 is 5.97 Å². The van der Waals surface area contributed by atoms with Gasteiger partial charge < -0.3 is 19.5 Å². The molecule has 0 bridgehead atoms. The van der Waals surface area contributed by atoms with Crippen LogP contribution in [0.4, 0.5) is 5.00 Å². The summed E-state index contributed by atoms with van der Waals surface area (Å²) in [4.78, 5) is 25.6. The van der Waals surface area contributed by atoms with Crippen LogP contribution in [-0.2, 0) is 22.4 Å². The molecule has 29 heavy (non-hydrogen) atoms. The first kappa shape index (κ1) is 21.1. The van der Waals surface area contributed by atoms with Gasteiger partial charge in [0, 0.05) is 4.88 Å². The van der Waals surface area contributed by atoms with Crippen molar-refractivity contribution in [3.05, 3.63) is 40.3 Å². The van der Waals surface area contributed by atoms with Gasteiger partial charge in [0.15, 0.2) is 11.7 Å². The van der Waals surface area contributed by atoms with Crippen LogP contribution in [-0.4, -0.2) is 37.8 Å². The molecule has 0 aliphatic heterocycles. The number of amides is 1. The standard InChI is InChI=1S/C20H22N2O5S2/c1-25-12-7-9-13(10-8-12)27-11-16(23)21-20(28)22-18-17(19(24)26-2)14-5-3-4-6-15(14)29-18/h7-10H,3-6,11H2,1-2H3,(H2,21,22,23,28). The number of thiophene rings is 1. The second kappa shape index (κ2) is 9.71. The summed E-state index contributed by atoms with van der Waals surface area (Å²) in [5, 5.41) is 6.25. The number of methoxy groups -OCH3 is 2. The van der Waals surface area contributed by atoms with Crippen molar-refractivity contribution in [3.8, 4) is 11.5 Å². The van der Waals surface area contributed by atoms with Crippen LogP contribution in [0.15, 0.2) is 24.3 Å². The quantitative estimate of drug-likeness (QED) is 0.533. The van der Waals surface area contributed by atoms with Crippen molar-refractivity contribution in [2.45, 2.75) is 25.7 Å². The van der Waals surface area contributed by atoms with Crippen LogP contribution in [0.2, 0.25) is 0 Å². The SMILES string of the molecule is COC(=O)c1c(NC(=S)NC(=O)COc2ccc(OC)cc2)sc2c1CCCC2. The first-order chi connectivity index (χ1) is 14.0. The Morgan fingerprint density at radius 2 is 1.79 bits per heavy atom. The average molecular weight is 435 g/mol. The van der Waals surface area contributed by atoms with Gasteiger partial charge in [0.2, 0.25) is 0 Å². The highest BCUT2D eigenvalue weighted by atomic mass is 32.1. The summed E-state index contributed by atoms with van der Waals surface area (Å²) < 4.78 is 15.5. The summed E-state index contributed by atoms with van der Waals surface area (Å²) in [5.41, 5.74) is 1.53. The number of esters is 1. The average Bonchev–Trinajstić information content (AvgIpc) is 3.09. The molecular formula is C20H22N2O5S2. The number of thiocarbonyl (C=S) groups is 1. The lowest BCUT2D eigenvalue weighted by Gasteiger charge is -2.12. The predicted molar refractivity (Wildman–Crippen MR) is 115 cm³/mol. The van der Waals surface area contributed by atoms with Gasteiger partial charge in [-0.3, -0.25) is 10.1 Å². The molecule has 1 aliphatic rings. The van der Waals surface area contributed by atoms with Crippen molar-refractivity contribution in [2.75, 3.05) is 26.1 Å². The van der Waals surface area contributed by atoms with Crippen LogP contribution >= 0.6 is 23.6 Å². The molecule has 0 saturated heterocycles. The number of carbonyl (C=O) groups is 2. The third kappa shape index (κ3) is 5.24. The highest BCUT2D eigenvalue weighted by Crippen LogP contribution is 2.38. The minimum Gasteiger partial charge on any atom is -0.497 e. The van der Waals surface area contributed by atoms with Crippen LogP contribution in [0, 0.1) is 0 Å². The molecule has 0 spiro atoms. The molecule has 1 heterocycles. The van der Waals surface area contributed by atoms with E-state index in [9.17, 15) is 9.59 Å². The zero-order chi connectivity index (χ0) is 20.8. The molecule has 0 fully saturated rings. The maximum absolute atomic E-state index is 12.3. The fourth-order valence-corrected chi connectivity index (χ4v) is 4.65. The molecule has 2 aromatic rings. The normalized spacial score (nSPS) is 12.5. The summed E-state index contributed by atoms with van der Waals surface area (Å²) >= 11 is 6.72. The second-order valence-corrected chi connectivity index (χ2v) is 7.89. The molecule has 9 heteroatoms. The van der Waals surface area contributed by atoms with Gasteiger partial charge in [-0.2, -0.15) is 0 Å². The molecule has 0 saturated carbocycles. The van der Waals surface area contributed by atoms with Crippen LogP contribution in [0.25, 0.3) is 0 Å². The lowest BCUT2D eigenvalue weighted by Crippen LogP contribution is -2.37. The Morgan fingerprint density at radius 1 is 1.10 bits per heavy atom. The number of benzene rings is 1. The van der Waals surface area contributed by atoms with Crippen molar-refractivity contribution in [2.24, 2.45) is 0 Å². The van der Waals surface area contributed by atoms with Crippen molar-refractivity contribution < 1.29 is 23.8 Å². The number of carbonyl (C=O) groups excluding carboxylic acids is 2. The smallest absolute Gasteiger partial charge is 0.341 e. The van der Waals surface area contributed by atoms with Crippen molar-refractivity contribution in [1.29, 1.82) is 0 Å². The van der Waals surface area contributed by atoms with Gasteiger partial charge in [-0.25, -0.2) is 4.79 Å². The van der Waals surface area contributed by atoms with E-state index in [4.69, 9.17) is 26.4 Å². The minimum absolute atomic E-state index is 0.108. The Morgan fingerprint density at radius 3 is 2.48 bits per heavy atom. The Balaban J connectivity index is 1.59. The molecular weight excluding hydrogens is 412 g/mol. The molecule has 0 atom stereocenters. The molecule has 3 rings (SSSR count). The molecule has 1 aromatic carbocycles. The molecule has 2 N–H and O–H groups in total. The highest BCUT2D eigenvalue weighted by Gasteiger charge is 2.26. The van der Waals surface area contributed by atoms with Gasteiger partial charge in [0.25, 0.3) is 5.91 Å². The van der Waals surface area contributed by atoms with E-state index >= 15 is 0 Å². The molecule has 1 aromatic heterocycles. The third-order valence-electron chi connectivity index (χ3n) is 4.47. The van der Waals surface area contributed by atoms with Gasteiger partial charge in [-0.05, 0) is 67.7 Å². The number of nitrogens with one attached hydrogen (secondary N) is 2. The van der Waals surface area contributed by atoms with E-state index in [1.165, 1.54) is 18.4 Å². The van der Waals surface area contributed by atoms with Crippen LogP contribution in [0.5, 0.6) is 11.5 Å². The zero-order valence-corrected chi connectivity index (χ0v) is 17.8. The number of anilines is 1. The molecule has 0 unspecified atom stereocenters. The summed E-state index contributed by atoms with van der Waals surface area (Å²) in [6, 6.07) is 6.90. The van der Waals surface area contributed by atoms with Crippen molar-refractivity contribution in [3.63, 3.8) is 0 Å². The largest absolute Gasteiger partial charge is 0.497 e. The Kier molecular flexibility index (Phi) is 7.05. The number of hydrogen-bond donors (Lipinski definition) is 2. The fraction of sp³-hybridized carbons (Fsp3) is 0.350. The number of hydrogen-bond acceptors (Lipinski definition) is 7. The molecule has 7 nitrogen and oxygen atoms in total. The Bertz CT molecular complexity index is 908. The first-order valence-electron chi connectivity index (χ1n) is 9.12. The second-order valence-electron chi connectivity index (χ2n) is 6.37. The third-order valence-corrected chi connectivity index (χ3v) is 5.88. The summed E-state index contributed by atoms with van der Waals surface area (Å²) in [6.45, 7) is -0.195.